The summed E-state index contributed by atoms with van der Waals surface area (Å²) in [7, 11) is 0. The highest BCUT2D eigenvalue weighted by atomic mass is 35.5. The molecule has 5 rings (SSSR count). The third-order valence-corrected chi connectivity index (χ3v) is 7.15. The summed E-state index contributed by atoms with van der Waals surface area (Å²) < 4.78 is 6.07. The van der Waals surface area contributed by atoms with Crippen molar-refractivity contribution in [3.8, 4) is 11.5 Å². The minimum absolute atomic E-state index is 0.0157. The van der Waals surface area contributed by atoms with Gasteiger partial charge in [0.2, 0.25) is 0 Å². The summed E-state index contributed by atoms with van der Waals surface area (Å²) in [6, 6.07) is 26.1. The predicted octanol–water partition coefficient (Wildman–Crippen LogP) is 6.66. The molecule has 1 aliphatic carbocycles. The van der Waals surface area contributed by atoms with Crippen molar-refractivity contribution >= 4 is 35.0 Å². The summed E-state index contributed by atoms with van der Waals surface area (Å²) in [6.07, 6.45) is 1.93. The summed E-state index contributed by atoms with van der Waals surface area (Å²) in [5.41, 5.74) is 4.00. The van der Waals surface area contributed by atoms with E-state index in [-0.39, 0.29) is 23.0 Å². The Bertz CT molecular complexity index is 1550. The van der Waals surface area contributed by atoms with Gasteiger partial charge in [-0.1, -0.05) is 48.0 Å². The van der Waals surface area contributed by atoms with Crippen molar-refractivity contribution in [1.29, 1.82) is 0 Å². The molecule has 0 aliphatic heterocycles. The van der Waals surface area contributed by atoms with Gasteiger partial charge in [-0.2, -0.15) is 0 Å². The number of amides is 2. The van der Waals surface area contributed by atoms with Gasteiger partial charge in [-0.05, 0) is 84.5 Å². The third kappa shape index (κ3) is 7.64. The molecule has 4 aromatic carbocycles. The van der Waals surface area contributed by atoms with Crippen LogP contribution in [-0.2, 0) is 12.8 Å². The normalized spacial score (nSPS) is 14.9. The van der Waals surface area contributed by atoms with Crippen molar-refractivity contribution < 1.29 is 24.5 Å². The molecule has 0 aromatic heterocycles. The first-order valence-corrected chi connectivity index (χ1v) is 13.7. The standard InChI is InChI=1S/C32H30ClN3O5/c33-24-6-4-5-21(13-24)30(37)19-34-26-11-9-20-10-12-28(16-22(20)14-26)41-29-17-23(31(38)39)15-27(18-29)36-32(40)35-25-7-2-1-3-8-25/h1-8,10,12-13,15-18,26,30,34,37H,9,11,14,19H2,(H,38,39)(H2,35,36,40)/t26-,30+/m0/s1. The minimum Gasteiger partial charge on any atom is -0.478 e. The topological polar surface area (TPSA) is 120 Å². The number of benzene rings is 4. The lowest BCUT2D eigenvalue weighted by Gasteiger charge is -2.27. The molecule has 0 heterocycles. The maximum absolute atomic E-state index is 12.5. The van der Waals surface area contributed by atoms with E-state index in [2.05, 4.69) is 16.0 Å². The van der Waals surface area contributed by atoms with Crippen LogP contribution < -0.4 is 20.7 Å². The Labute approximate surface area is 242 Å². The molecule has 0 bridgehead atoms. The lowest BCUT2D eigenvalue weighted by Crippen LogP contribution is -2.37. The first-order chi connectivity index (χ1) is 19.8. The molecule has 0 unspecified atom stereocenters. The summed E-state index contributed by atoms with van der Waals surface area (Å²) in [4.78, 5) is 24.2. The number of halogens is 1. The Morgan fingerprint density at radius 3 is 2.46 bits per heavy atom. The van der Waals surface area contributed by atoms with Crippen molar-refractivity contribution in [2.45, 2.75) is 31.4 Å². The molecule has 0 fully saturated rings. The molecule has 0 radical (unpaired) electrons. The van der Waals surface area contributed by atoms with Gasteiger partial charge < -0.3 is 30.9 Å². The van der Waals surface area contributed by atoms with E-state index in [1.165, 1.54) is 17.7 Å². The van der Waals surface area contributed by atoms with E-state index in [1.807, 2.05) is 36.4 Å². The number of carboxylic acid groups (broad SMARTS) is 1. The fourth-order valence-electron chi connectivity index (χ4n) is 4.89. The van der Waals surface area contributed by atoms with E-state index >= 15 is 0 Å². The second kappa shape index (κ2) is 12.9. The highest BCUT2D eigenvalue weighted by Crippen LogP contribution is 2.31. The fraction of sp³-hybridized carbons (Fsp3) is 0.188. The molecule has 210 valence electrons. The van der Waals surface area contributed by atoms with Gasteiger partial charge in [-0.3, -0.25) is 0 Å². The van der Waals surface area contributed by atoms with Crippen molar-refractivity contribution in [3.63, 3.8) is 0 Å². The Balaban J connectivity index is 1.25. The number of hydrogen-bond acceptors (Lipinski definition) is 5. The van der Waals surface area contributed by atoms with Crippen LogP contribution in [0.4, 0.5) is 16.2 Å². The first-order valence-electron chi connectivity index (χ1n) is 13.3. The van der Waals surface area contributed by atoms with Crippen LogP contribution in [0.3, 0.4) is 0 Å². The van der Waals surface area contributed by atoms with Gasteiger partial charge in [-0.25, -0.2) is 9.59 Å². The number of rotatable bonds is 9. The van der Waals surface area contributed by atoms with Gasteiger partial charge >= 0.3 is 12.0 Å². The summed E-state index contributed by atoms with van der Waals surface area (Å²) in [5.74, 6) is -0.290. The highest BCUT2D eigenvalue weighted by molar-refractivity contribution is 6.30. The van der Waals surface area contributed by atoms with Crippen LogP contribution >= 0.6 is 11.6 Å². The zero-order valence-electron chi connectivity index (χ0n) is 22.1. The maximum atomic E-state index is 12.5. The number of aliphatic hydroxyl groups excluding tert-OH is 1. The quantitative estimate of drug-likeness (QED) is 0.153. The molecule has 0 saturated carbocycles. The number of nitrogens with one attached hydrogen (secondary N) is 3. The zero-order valence-corrected chi connectivity index (χ0v) is 22.9. The Morgan fingerprint density at radius 2 is 1.68 bits per heavy atom. The van der Waals surface area contributed by atoms with Gasteiger partial charge in [0, 0.05) is 35.1 Å². The van der Waals surface area contributed by atoms with Crippen molar-refractivity contribution in [2.75, 3.05) is 17.2 Å². The number of aromatic carboxylic acids is 1. The van der Waals surface area contributed by atoms with Crippen LogP contribution in [-0.4, -0.2) is 34.8 Å². The molecule has 0 saturated heterocycles. The minimum atomic E-state index is -1.14. The van der Waals surface area contributed by atoms with Crippen molar-refractivity contribution in [3.05, 3.63) is 118 Å². The number of urea groups is 1. The van der Waals surface area contributed by atoms with Crippen LogP contribution in [0.5, 0.6) is 11.5 Å². The van der Waals surface area contributed by atoms with Crippen molar-refractivity contribution in [2.24, 2.45) is 0 Å². The number of aryl methyl sites for hydroxylation is 1. The average Bonchev–Trinajstić information content (AvgIpc) is 2.96. The largest absolute Gasteiger partial charge is 0.478 e. The molecule has 1 aliphatic rings. The van der Waals surface area contributed by atoms with E-state index in [0.717, 1.165) is 30.4 Å². The van der Waals surface area contributed by atoms with E-state index in [1.54, 1.807) is 42.5 Å². The van der Waals surface area contributed by atoms with Crippen LogP contribution in [0.1, 0.15) is 39.6 Å². The number of para-hydroxylation sites is 1. The monoisotopic (exact) mass is 571 g/mol. The van der Waals surface area contributed by atoms with Crippen molar-refractivity contribution in [1.82, 2.24) is 5.32 Å². The molecular formula is C32H30ClN3O5. The van der Waals surface area contributed by atoms with Crippen LogP contribution in [0.15, 0.2) is 91.0 Å². The number of carbonyl (C=O) groups excluding carboxylic acids is 1. The Hall–Kier alpha value is -4.37. The molecular weight excluding hydrogens is 542 g/mol. The summed E-state index contributed by atoms with van der Waals surface area (Å²) >= 11 is 6.06. The van der Waals surface area contributed by atoms with Gasteiger partial charge in [0.05, 0.1) is 11.7 Å². The number of ether oxygens (including phenoxy) is 1. The Kier molecular flexibility index (Phi) is 8.84. The zero-order chi connectivity index (χ0) is 28.8. The molecule has 8 nitrogen and oxygen atoms in total. The fourth-order valence-corrected chi connectivity index (χ4v) is 5.08. The number of carbonyl (C=O) groups is 2. The van der Waals surface area contributed by atoms with Gasteiger partial charge in [0.25, 0.3) is 0 Å². The second-order valence-electron chi connectivity index (χ2n) is 9.95. The maximum Gasteiger partial charge on any atom is 0.335 e. The third-order valence-electron chi connectivity index (χ3n) is 6.92. The molecule has 0 spiro atoms. The van der Waals surface area contributed by atoms with Crippen LogP contribution in [0, 0.1) is 0 Å². The molecule has 5 N–H and O–H groups in total. The molecule has 41 heavy (non-hydrogen) atoms. The number of fused-ring (bicyclic) bond motifs is 1. The number of hydrogen-bond donors (Lipinski definition) is 5. The smallest absolute Gasteiger partial charge is 0.335 e. The Morgan fingerprint density at radius 1 is 0.878 bits per heavy atom. The molecule has 4 aromatic rings. The van der Waals surface area contributed by atoms with E-state index in [4.69, 9.17) is 16.3 Å². The summed E-state index contributed by atoms with van der Waals surface area (Å²) in [5, 5.41) is 29.6. The number of aliphatic hydroxyl groups is 1. The predicted molar refractivity (Wildman–Crippen MR) is 159 cm³/mol. The molecule has 9 heteroatoms. The SMILES string of the molecule is O=C(Nc1ccccc1)Nc1cc(Oc2ccc3c(c2)C[C@@H](NC[C@@H](O)c2cccc(Cl)c2)CC3)cc(C(=O)O)c1. The number of anilines is 2. The lowest BCUT2D eigenvalue weighted by molar-refractivity contribution is 0.0696. The highest BCUT2D eigenvalue weighted by Gasteiger charge is 2.21. The van der Waals surface area contributed by atoms with Gasteiger partial charge in [0.15, 0.2) is 0 Å². The number of carboxylic acids is 1. The van der Waals surface area contributed by atoms with Gasteiger partial charge in [0.1, 0.15) is 11.5 Å². The van der Waals surface area contributed by atoms with E-state index < -0.39 is 18.1 Å². The average molecular weight is 572 g/mol. The van der Waals surface area contributed by atoms with Crippen LogP contribution in [0.25, 0.3) is 0 Å². The lowest BCUT2D eigenvalue weighted by atomic mass is 9.88. The van der Waals surface area contributed by atoms with E-state index in [9.17, 15) is 19.8 Å². The first kappa shape index (κ1) is 28.2. The van der Waals surface area contributed by atoms with Crippen LogP contribution in [0.2, 0.25) is 5.02 Å². The van der Waals surface area contributed by atoms with E-state index in [0.29, 0.717) is 23.0 Å². The van der Waals surface area contributed by atoms with Gasteiger partial charge in [-0.15, -0.1) is 0 Å². The molecule has 2 amide bonds. The molecule has 2 atom stereocenters. The summed E-state index contributed by atoms with van der Waals surface area (Å²) in [6.45, 7) is 0.409. The second-order valence-corrected chi connectivity index (χ2v) is 10.4.